The van der Waals surface area contributed by atoms with Crippen molar-refractivity contribution in [2.45, 2.75) is 6.92 Å². The number of hydrogen-bond donors (Lipinski definition) is 1. The Labute approximate surface area is 152 Å². The quantitative estimate of drug-likeness (QED) is 0.518. The lowest BCUT2D eigenvalue weighted by molar-refractivity contribution is 0.0523. The van der Waals surface area contributed by atoms with Gasteiger partial charge in [0.15, 0.2) is 5.76 Å². The third kappa shape index (κ3) is 3.08. The second kappa shape index (κ2) is 6.78. The first-order chi connectivity index (χ1) is 11.9. The van der Waals surface area contributed by atoms with Gasteiger partial charge in [0.2, 0.25) is 5.78 Å². The van der Waals surface area contributed by atoms with Crippen LogP contribution in [0.1, 0.15) is 33.4 Å². The highest BCUT2D eigenvalue weighted by molar-refractivity contribution is 6.37. The molecule has 0 spiro atoms. The smallest absolute Gasteiger partial charge is 0.342 e. The Balaban J connectivity index is 2.24. The van der Waals surface area contributed by atoms with Crippen LogP contribution in [0.2, 0.25) is 10.0 Å². The number of carbonyl (C=O) groups is 2. The van der Waals surface area contributed by atoms with Crippen LogP contribution in [0.4, 0.5) is 0 Å². The maximum atomic E-state index is 12.9. The van der Waals surface area contributed by atoms with Crippen molar-refractivity contribution in [1.82, 2.24) is 0 Å². The number of ether oxygens (including phenoxy) is 1. The van der Waals surface area contributed by atoms with E-state index in [1.54, 1.807) is 13.0 Å². The maximum Gasteiger partial charge on any atom is 0.342 e. The molecule has 0 saturated heterocycles. The SMILES string of the molecule is CCOC(=O)c1c(C(=O)c2ccc(Cl)cc2Cl)oc2cccc(O)c12. The molecule has 0 bridgehead atoms. The van der Waals surface area contributed by atoms with Gasteiger partial charge in [0, 0.05) is 10.6 Å². The highest BCUT2D eigenvalue weighted by Gasteiger charge is 2.30. The summed E-state index contributed by atoms with van der Waals surface area (Å²) in [5.41, 5.74) is 0.178. The summed E-state index contributed by atoms with van der Waals surface area (Å²) in [5, 5.41) is 10.7. The number of ketones is 1. The van der Waals surface area contributed by atoms with Crippen LogP contribution in [0.3, 0.4) is 0 Å². The van der Waals surface area contributed by atoms with E-state index in [0.29, 0.717) is 5.02 Å². The van der Waals surface area contributed by atoms with Crippen molar-refractivity contribution >= 4 is 45.9 Å². The zero-order valence-electron chi connectivity index (χ0n) is 13.0. The van der Waals surface area contributed by atoms with Crippen LogP contribution in [0.5, 0.6) is 5.75 Å². The molecule has 0 atom stereocenters. The molecule has 3 aromatic rings. The third-order valence-electron chi connectivity index (χ3n) is 3.55. The molecular formula is C18H12Cl2O5. The summed E-state index contributed by atoms with van der Waals surface area (Å²) in [7, 11) is 0. The molecule has 1 aromatic heterocycles. The van der Waals surface area contributed by atoms with Crippen molar-refractivity contribution in [2.75, 3.05) is 6.61 Å². The van der Waals surface area contributed by atoms with Crippen LogP contribution in [0.15, 0.2) is 40.8 Å². The first-order valence-electron chi connectivity index (χ1n) is 7.35. The minimum Gasteiger partial charge on any atom is -0.507 e. The lowest BCUT2D eigenvalue weighted by Gasteiger charge is -2.05. The van der Waals surface area contributed by atoms with E-state index in [-0.39, 0.29) is 45.2 Å². The van der Waals surface area contributed by atoms with E-state index in [4.69, 9.17) is 32.4 Å². The highest BCUT2D eigenvalue weighted by atomic mass is 35.5. The van der Waals surface area contributed by atoms with Gasteiger partial charge in [0.1, 0.15) is 16.9 Å². The molecule has 0 radical (unpaired) electrons. The Morgan fingerprint density at radius 1 is 1.20 bits per heavy atom. The van der Waals surface area contributed by atoms with Crippen molar-refractivity contribution in [3.8, 4) is 5.75 Å². The maximum absolute atomic E-state index is 12.9. The van der Waals surface area contributed by atoms with Crippen molar-refractivity contribution in [3.05, 3.63) is 63.3 Å². The zero-order valence-corrected chi connectivity index (χ0v) is 14.5. The number of benzene rings is 2. The van der Waals surface area contributed by atoms with Gasteiger partial charge in [-0.15, -0.1) is 0 Å². The van der Waals surface area contributed by atoms with Gasteiger partial charge in [-0.2, -0.15) is 0 Å². The van der Waals surface area contributed by atoms with Gasteiger partial charge in [-0.3, -0.25) is 4.79 Å². The summed E-state index contributed by atoms with van der Waals surface area (Å²) >= 11 is 11.9. The minimum atomic E-state index is -0.767. The fourth-order valence-corrected chi connectivity index (χ4v) is 2.98. The molecular weight excluding hydrogens is 367 g/mol. The van der Waals surface area contributed by atoms with Crippen LogP contribution in [-0.4, -0.2) is 23.5 Å². The van der Waals surface area contributed by atoms with Crippen LogP contribution < -0.4 is 0 Å². The predicted octanol–water partition coefficient (Wildman–Crippen LogP) is 4.85. The lowest BCUT2D eigenvalue weighted by Crippen LogP contribution is -2.11. The monoisotopic (exact) mass is 378 g/mol. The van der Waals surface area contributed by atoms with E-state index in [1.165, 1.54) is 30.3 Å². The fourth-order valence-electron chi connectivity index (χ4n) is 2.48. The van der Waals surface area contributed by atoms with Gasteiger partial charge in [0.25, 0.3) is 0 Å². The first-order valence-corrected chi connectivity index (χ1v) is 8.11. The van der Waals surface area contributed by atoms with E-state index in [1.807, 2.05) is 0 Å². The van der Waals surface area contributed by atoms with Crippen LogP contribution in [0.25, 0.3) is 11.0 Å². The molecule has 128 valence electrons. The molecule has 3 rings (SSSR count). The summed E-state index contributed by atoms with van der Waals surface area (Å²) in [6.45, 7) is 1.74. The molecule has 7 heteroatoms. The number of esters is 1. The Morgan fingerprint density at radius 3 is 2.64 bits per heavy atom. The molecule has 0 amide bonds. The topological polar surface area (TPSA) is 76.7 Å². The van der Waals surface area contributed by atoms with Crippen molar-refractivity contribution in [1.29, 1.82) is 0 Å². The predicted molar refractivity (Wildman–Crippen MR) is 93.7 cm³/mol. The summed E-state index contributed by atoms with van der Waals surface area (Å²) in [4.78, 5) is 25.2. The number of carbonyl (C=O) groups excluding carboxylic acids is 2. The fraction of sp³-hybridized carbons (Fsp3) is 0.111. The molecule has 25 heavy (non-hydrogen) atoms. The Bertz CT molecular complexity index is 991. The first kappa shape index (κ1) is 17.3. The second-order valence-electron chi connectivity index (χ2n) is 5.13. The third-order valence-corrected chi connectivity index (χ3v) is 4.10. The summed E-state index contributed by atoms with van der Waals surface area (Å²) in [6.07, 6.45) is 0. The molecule has 0 aliphatic rings. The molecule has 5 nitrogen and oxygen atoms in total. The number of furan rings is 1. The minimum absolute atomic E-state index is 0.106. The molecule has 0 saturated carbocycles. The van der Waals surface area contributed by atoms with Gasteiger partial charge in [-0.1, -0.05) is 29.3 Å². The Hall–Kier alpha value is -2.50. The summed E-state index contributed by atoms with van der Waals surface area (Å²) < 4.78 is 10.6. The van der Waals surface area contributed by atoms with Crippen molar-refractivity contribution in [2.24, 2.45) is 0 Å². The van der Waals surface area contributed by atoms with E-state index in [9.17, 15) is 14.7 Å². The number of halogens is 2. The number of aromatic hydroxyl groups is 1. The van der Waals surface area contributed by atoms with E-state index < -0.39 is 11.8 Å². The number of rotatable bonds is 4. The number of phenols is 1. The number of phenolic OH excluding ortho intramolecular Hbond substituents is 1. The van der Waals surface area contributed by atoms with Crippen LogP contribution in [-0.2, 0) is 4.74 Å². The zero-order chi connectivity index (χ0) is 18.1. The normalized spacial score (nSPS) is 10.8. The largest absolute Gasteiger partial charge is 0.507 e. The second-order valence-corrected chi connectivity index (χ2v) is 5.97. The van der Waals surface area contributed by atoms with Gasteiger partial charge in [0.05, 0.1) is 17.0 Å². The lowest BCUT2D eigenvalue weighted by atomic mass is 10.0. The van der Waals surface area contributed by atoms with Gasteiger partial charge < -0.3 is 14.3 Å². The Morgan fingerprint density at radius 2 is 1.96 bits per heavy atom. The molecule has 1 N–H and O–H groups in total. The van der Waals surface area contributed by atoms with Gasteiger partial charge in [-0.25, -0.2) is 4.79 Å². The average molecular weight is 379 g/mol. The van der Waals surface area contributed by atoms with E-state index in [0.717, 1.165) is 0 Å². The molecule has 2 aromatic carbocycles. The van der Waals surface area contributed by atoms with Gasteiger partial charge in [-0.05, 0) is 37.3 Å². The number of fused-ring (bicyclic) bond motifs is 1. The molecule has 0 aliphatic heterocycles. The van der Waals surface area contributed by atoms with E-state index >= 15 is 0 Å². The van der Waals surface area contributed by atoms with Gasteiger partial charge >= 0.3 is 5.97 Å². The molecule has 1 heterocycles. The van der Waals surface area contributed by atoms with E-state index in [2.05, 4.69) is 0 Å². The molecule has 0 unspecified atom stereocenters. The Kier molecular flexibility index (Phi) is 4.70. The summed E-state index contributed by atoms with van der Waals surface area (Å²) in [5.74, 6) is -1.82. The summed E-state index contributed by atoms with van der Waals surface area (Å²) in [6, 6.07) is 8.84. The standard InChI is InChI=1S/C18H12Cl2O5/c1-2-24-18(23)15-14-12(21)4-3-5-13(14)25-17(15)16(22)10-7-6-9(19)8-11(10)20/h3-8,21H,2H2,1H3. The van der Waals surface area contributed by atoms with Crippen molar-refractivity contribution in [3.63, 3.8) is 0 Å². The van der Waals surface area contributed by atoms with Crippen LogP contribution >= 0.6 is 23.2 Å². The number of hydrogen-bond acceptors (Lipinski definition) is 5. The highest BCUT2D eigenvalue weighted by Crippen LogP contribution is 2.35. The van der Waals surface area contributed by atoms with Crippen molar-refractivity contribution < 1.29 is 23.8 Å². The average Bonchev–Trinajstić information content (AvgIpc) is 2.95. The molecule has 0 fully saturated rings. The molecule has 0 aliphatic carbocycles. The van der Waals surface area contributed by atoms with Crippen LogP contribution in [0, 0.1) is 0 Å².